The van der Waals surface area contributed by atoms with Gasteiger partial charge in [-0.05, 0) is 59.7 Å². The van der Waals surface area contributed by atoms with E-state index in [1.54, 1.807) is 31.4 Å². The molecular formula is C31H25N2O2+. The highest BCUT2D eigenvalue weighted by molar-refractivity contribution is 5.99. The number of benzene rings is 4. The summed E-state index contributed by atoms with van der Waals surface area (Å²) in [6, 6.07) is 41.8. The van der Waals surface area contributed by atoms with E-state index < -0.39 is 0 Å². The first kappa shape index (κ1) is 22.1. The minimum absolute atomic E-state index is 0.209. The molecule has 1 aromatic heterocycles. The van der Waals surface area contributed by atoms with Crippen LogP contribution in [0.15, 0.2) is 127 Å². The molecule has 0 radical (unpaired) electrons. The molecule has 1 amide bonds. The molecule has 0 aliphatic rings. The van der Waals surface area contributed by atoms with Crippen LogP contribution in [0.25, 0.3) is 33.6 Å². The van der Waals surface area contributed by atoms with Crippen LogP contribution in [0.3, 0.4) is 0 Å². The van der Waals surface area contributed by atoms with Crippen LogP contribution in [-0.2, 0) is 0 Å². The maximum atomic E-state index is 13.4. The van der Waals surface area contributed by atoms with Gasteiger partial charge in [-0.3, -0.25) is 4.79 Å². The zero-order valence-corrected chi connectivity index (χ0v) is 19.4. The molecule has 0 saturated heterocycles. The number of pyridine rings is 1. The van der Waals surface area contributed by atoms with E-state index in [0.717, 1.165) is 33.6 Å². The predicted octanol–water partition coefficient (Wildman–Crippen LogP) is 6.37. The number of amides is 1. The minimum atomic E-state index is -0.209. The van der Waals surface area contributed by atoms with Gasteiger partial charge in [0.1, 0.15) is 5.75 Å². The van der Waals surface area contributed by atoms with Crippen LogP contribution in [0.1, 0.15) is 10.4 Å². The molecule has 170 valence electrons. The summed E-state index contributed by atoms with van der Waals surface area (Å²) in [5.41, 5.74) is 9.62. The molecule has 4 heteroatoms. The molecular weight excluding hydrogens is 432 g/mol. The number of hydrogen-bond acceptors (Lipinski definition) is 2. The van der Waals surface area contributed by atoms with Gasteiger partial charge in [0.15, 0.2) is 0 Å². The van der Waals surface area contributed by atoms with E-state index in [9.17, 15) is 4.79 Å². The first-order valence-electron chi connectivity index (χ1n) is 11.4. The lowest BCUT2D eigenvalue weighted by Gasteiger charge is -2.12. The second kappa shape index (κ2) is 10.1. The number of rotatable bonds is 6. The normalized spacial score (nSPS) is 10.5. The Kier molecular flexibility index (Phi) is 6.35. The van der Waals surface area contributed by atoms with E-state index in [1.807, 2.05) is 59.3 Å². The number of carbonyl (C=O) groups excluding carboxylic acids is 1. The van der Waals surface area contributed by atoms with E-state index in [1.165, 1.54) is 0 Å². The molecule has 0 aliphatic heterocycles. The van der Waals surface area contributed by atoms with Crippen molar-refractivity contribution >= 4 is 5.91 Å². The van der Waals surface area contributed by atoms with Crippen LogP contribution in [0.2, 0.25) is 0 Å². The van der Waals surface area contributed by atoms with Crippen molar-refractivity contribution in [3.63, 3.8) is 0 Å². The summed E-state index contributed by atoms with van der Waals surface area (Å²) in [5.74, 6) is 0.496. The molecule has 0 atom stereocenters. The fourth-order valence-electron chi connectivity index (χ4n) is 4.06. The maximum absolute atomic E-state index is 13.4. The van der Waals surface area contributed by atoms with Crippen LogP contribution in [-0.4, -0.2) is 13.0 Å². The fraction of sp³-hybridized carbons (Fsp3) is 0.0323. The van der Waals surface area contributed by atoms with Crippen LogP contribution >= 0.6 is 0 Å². The Morgan fingerprint density at radius 1 is 0.600 bits per heavy atom. The second-order valence-electron chi connectivity index (χ2n) is 8.12. The third kappa shape index (κ3) is 4.82. The van der Waals surface area contributed by atoms with Crippen molar-refractivity contribution in [2.24, 2.45) is 0 Å². The summed E-state index contributed by atoms with van der Waals surface area (Å²) in [4.78, 5) is 13.4. The lowest BCUT2D eigenvalue weighted by atomic mass is 9.99. The highest BCUT2D eigenvalue weighted by Crippen LogP contribution is 2.28. The number of nitrogens with one attached hydrogen (secondary N) is 1. The van der Waals surface area contributed by atoms with Gasteiger partial charge in [-0.1, -0.05) is 71.4 Å². The molecule has 5 rings (SSSR count). The van der Waals surface area contributed by atoms with Crippen LogP contribution in [0.4, 0.5) is 0 Å². The first-order chi connectivity index (χ1) is 17.2. The van der Waals surface area contributed by atoms with Gasteiger partial charge in [0, 0.05) is 28.8 Å². The lowest BCUT2D eigenvalue weighted by molar-refractivity contribution is -0.618. The van der Waals surface area contributed by atoms with Gasteiger partial charge in [0.05, 0.1) is 7.11 Å². The second-order valence-corrected chi connectivity index (χ2v) is 8.12. The van der Waals surface area contributed by atoms with E-state index >= 15 is 0 Å². The first-order valence-corrected chi connectivity index (χ1v) is 11.4. The molecule has 1 N–H and O–H groups in total. The predicted molar refractivity (Wildman–Crippen MR) is 140 cm³/mol. The number of carbonyl (C=O) groups is 1. The molecule has 0 fully saturated rings. The molecule has 0 spiro atoms. The number of ether oxygens (including phenoxy) is 1. The largest absolute Gasteiger partial charge is 0.497 e. The summed E-state index contributed by atoms with van der Waals surface area (Å²) in [5, 5.41) is 0. The van der Waals surface area contributed by atoms with Crippen LogP contribution in [0, 0.1) is 0 Å². The average Bonchev–Trinajstić information content (AvgIpc) is 2.94. The molecule has 4 aromatic carbocycles. The van der Waals surface area contributed by atoms with E-state index in [4.69, 9.17) is 4.74 Å². The number of nitrogens with zero attached hydrogens (tertiary/aromatic N) is 1. The van der Waals surface area contributed by atoms with E-state index in [0.29, 0.717) is 11.3 Å². The smallest absolute Gasteiger partial charge is 0.305 e. The molecule has 0 unspecified atom stereocenters. The number of aromatic nitrogens is 1. The van der Waals surface area contributed by atoms with Gasteiger partial charge in [-0.25, -0.2) is 0 Å². The summed E-state index contributed by atoms with van der Waals surface area (Å²) in [6.45, 7) is 0. The van der Waals surface area contributed by atoms with Gasteiger partial charge in [-0.15, -0.1) is 5.43 Å². The van der Waals surface area contributed by atoms with Gasteiger partial charge in [-0.2, -0.15) is 0 Å². The quantitative estimate of drug-likeness (QED) is 0.301. The number of hydrogen-bond donors (Lipinski definition) is 1. The zero-order valence-electron chi connectivity index (χ0n) is 19.4. The summed E-state index contributed by atoms with van der Waals surface area (Å²) in [7, 11) is 1.61. The standard InChI is InChI=1S/C31H24N2O2/c1-35-28-19-17-26(18-20-28)31(34)32-33-29(24-13-7-3-8-14-24)21-27(23-11-5-2-6-12-23)22-30(33)25-15-9-4-10-16-25/h2-22H,1H3/p+1. The van der Waals surface area contributed by atoms with Gasteiger partial charge in [0.25, 0.3) is 0 Å². The summed E-state index contributed by atoms with van der Waals surface area (Å²) in [6.07, 6.45) is 0. The lowest BCUT2D eigenvalue weighted by Crippen LogP contribution is -2.51. The minimum Gasteiger partial charge on any atom is -0.497 e. The highest BCUT2D eigenvalue weighted by atomic mass is 16.5. The van der Waals surface area contributed by atoms with Gasteiger partial charge >= 0.3 is 5.91 Å². The van der Waals surface area contributed by atoms with Crippen molar-refractivity contribution < 1.29 is 14.2 Å². The molecule has 0 aliphatic carbocycles. The van der Waals surface area contributed by atoms with Crippen molar-refractivity contribution in [2.45, 2.75) is 0 Å². The fourth-order valence-corrected chi connectivity index (χ4v) is 4.06. The Hall–Kier alpha value is -4.70. The molecule has 5 aromatic rings. The van der Waals surface area contributed by atoms with Crippen molar-refractivity contribution in [2.75, 3.05) is 12.5 Å². The van der Waals surface area contributed by atoms with Gasteiger partial charge < -0.3 is 4.74 Å². The van der Waals surface area contributed by atoms with Crippen molar-refractivity contribution in [3.8, 4) is 39.4 Å². The van der Waals surface area contributed by atoms with E-state index in [2.05, 4.69) is 54.0 Å². The Labute approximate surface area is 205 Å². The SMILES string of the molecule is COc1ccc(C(=O)N[n+]2c(-c3ccccc3)cc(-c3ccccc3)cc2-c2ccccc2)cc1. The van der Waals surface area contributed by atoms with Crippen LogP contribution < -0.4 is 14.8 Å². The molecule has 1 heterocycles. The Bertz CT molecular complexity index is 1370. The van der Waals surface area contributed by atoms with Crippen molar-refractivity contribution in [1.29, 1.82) is 0 Å². The zero-order chi connectivity index (χ0) is 24.0. The Morgan fingerprint density at radius 3 is 1.51 bits per heavy atom. The Morgan fingerprint density at radius 2 is 1.06 bits per heavy atom. The molecule has 0 saturated carbocycles. The molecule has 35 heavy (non-hydrogen) atoms. The monoisotopic (exact) mass is 457 g/mol. The van der Waals surface area contributed by atoms with Gasteiger partial charge in [0.2, 0.25) is 11.4 Å². The van der Waals surface area contributed by atoms with E-state index in [-0.39, 0.29) is 5.91 Å². The summed E-state index contributed by atoms with van der Waals surface area (Å²) >= 11 is 0. The number of methoxy groups -OCH3 is 1. The summed E-state index contributed by atoms with van der Waals surface area (Å²) < 4.78 is 7.12. The third-order valence-corrected chi connectivity index (χ3v) is 5.88. The average molecular weight is 458 g/mol. The van der Waals surface area contributed by atoms with Crippen molar-refractivity contribution in [3.05, 3.63) is 133 Å². The maximum Gasteiger partial charge on any atom is 0.305 e. The molecule has 4 nitrogen and oxygen atoms in total. The highest BCUT2D eigenvalue weighted by Gasteiger charge is 2.25. The topological polar surface area (TPSA) is 42.2 Å². The Balaban J connectivity index is 1.70. The van der Waals surface area contributed by atoms with Crippen molar-refractivity contribution in [1.82, 2.24) is 0 Å². The molecule has 0 bridgehead atoms. The van der Waals surface area contributed by atoms with Crippen LogP contribution in [0.5, 0.6) is 5.75 Å². The third-order valence-electron chi connectivity index (χ3n) is 5.88.